The number of aromatic carboxylic acids is 1. The topological polar surface area (TPSA) is 69.6 Å². The van der Waals surface area contributed by atoms with Crippen LogP contribution >= 0.6 is 15.9 Å². The van der Waals surface area contributed by atoms with Crippen molar-refractivity contribution in [2.45, 2.75) is 6.54 Å². The van der Waals surface area contributed by atoms with Crippen molar-refractivity contribution < 1.29 is 15.0 Å². The first-order valence-electron chi connectivity index (χ1n) is 4.48. The highest BCUT2D eigenvalue weighted by Crippen LogP contribution is 2.18. The number of halogens is 1. The maximum absolute atomic E-state index is 10.7. The molecule has 0 bridgehead atoms. The molecule has 0 saturated heterocycles. The van der Waals surface area contributed by atoms with Crippen molar-refractivity contribution in [2.24, 2.45) is 0 Å². The van der Waals surface area contributed by atoms with Gasteiger partial charge in [0, 0.05) is 17.6 Å². The van der Waals surface area contributed by atoms with Crippen LogP contribution in [-0.2, 0) is 6.54 Å². The molecule has 0 atom stereocenters. The summed E-state index contributed by atoms with van der Waals surface area (Å²) in [4.78, 5) is 10.7. The minimum absolute atomic E-state index is 0.0881. The molecule has 0 aromatic heterocycles. The minimum Gasteiger partial charge on any atom is -0.478 e. The van der Waals surface area contributed by atoms with E-state index in [4.69, 9.17) is 10.2 Å². The van der Waals surface area contributed by atoms with Gasteiger partial charge >= 0.3 is 5.97 Å². The van der Waals surface area contributed by atoms with E-state index in [-0.39, 0.29) is 12.2 Å². The van der Waals surface area contributed by atoms with Crippen LogP contribution in [0.25, 0.3) is 0 Å². The molecule has 0 fully saturated rings. The molecular formula is C10H12BrNO3. The van der Waals surface area contributed by atoms with Crippen LogP contribution in [0.1, 0.15) is 15.9 Å². The maximum atomic E-state index is 10.7. The molecule has 0 heterocycles. The normalized spacial score (nSPS) is 10.3. The average Bonchev–Trinajstić information content (AvgIpc) is 2.20. The van der Waals surface area contributed by atoms with Gasteiger partial charge in [-0.15, -0.1) is 0 Å². The van der Waals surface area contributed by atoms with E-state index >= 15 is 0 Å². The molecule has 4 nitrogen and oxygen atoms in total. The number of hydrogen-bond acceptors (Lipinski definition) is 3. The summed E-state index contributed by atoms with van der Waals surface area (Å²) in [5.41, 5.74) is 1.22. The lowest BCUT2D eigenvalue weighted by Crippen LogP contribution is -2.17. The Morgan fingerprint density at radius 2 is 2.20 bits per heavy atom. The third kappa shape index (κ3) is 3.62. The Bertz CT molecular complexity index is 355. The summed E-state index contributed by atoms with van der Waals surface area (Å²) in [6.45, 7) is 1.21. The summed E-state index contributed by atoms with van der Waals surface area (Å²) in [6, 6.07) is 4.87. The first kappa shape index (κ1) is 12.2. The first-order chi connectivity index (χ1) is 7.15. The highest BCUT2D eigenvalue weighted by molar-refractivity contribution is 9.10. The van der Waals surface area contributed by atoms with Crippen molar-refractivity contribution in [1.29, 1.82) is 0 Å². The summed E-state index contributed by atoms with van der Waals surface area (Å²) < 4.78 is 0.757. The number of carboxylic acid groups (broad SMARTS) is 1. The van der Waals surface area contributed by atoms with Gasteiger partial charge in [0.25, 0.3) is 0 Å². The fourth-order valence-corrected chi connectivity index (χ4v) is 1.64. The van der Waals surface area contributed by atoms with E-state index in [0.717, 1.165) is 10.0 Å². The number of aliphatic hydroxyl groups is 1. The molecule has 15 heavy (non-hydrogen) atoms. The van der Waals surface area contributed by atoms with Gasteiger partial charge in [-0.3, -0.25) is 0 Å². The monoisotopic (exact) mass is 273 g/mol. The lowest BCUT2D eigenvalue weighted by Gasteiger charge is -2.06. The van der Waals surface area contributed by atoms with Gasteiger partial charge in [-0.25, -0.2) is 4.79 Å². The summed E-state index contributed by atoms with van der Waals surface area (Å²) in [5, 5.41) is 20.3. The lowest BCUT2D eigenvalue weighted by atomic mass is 10.1. The standard InChI is InChI=1S/C10H12BrNO3/c11-9-5-7(10(14)15)1-2-8(9)6-12-3-4-13/h1-2,5,12-13H,3-4,6H2,(H,14,15). The minimum atomic E-state index is -0.939. The third-order valence-electron chi connectivity index (χ3n) is 1.90. The second-order valence-corrected chi connectivity index (χ2v) is 3.87. The molecule has 1 rings (SSSR count). The number of hydrogen-bond donors (Lipinski definition) is 3. The molecule has 0 spiro atoms. The van der Waals surface area contributed by atoms with Crippen LogP contribution in [-0.4, -0.2) is 29.3 Å². The van der Waals surface area contributed by atoms with Gasteiger partial charge < -0.3 is 15.5 Å². The second-order valence-electron chi connectivity index (χ2n) is 3.01. The molecule has 0 saturated carbocycles. The van der Waals surface area contributed by atoms with Crippen LogP contribution in [0.3, 0.4) is 0 Å². The number of carbonyl (C=O) groups is 1. The Balaban J connectivity index is 2.70. The highest BCUT2D eigenvalue weighted by Gasteiger charge is 2.05. The van der Waals surface area contributed by atoms with Crippen molar-refractivity contribution in [3.05, 3.63) is 33.8 Å². The molecule has 0 amide bonds. The number of nitrogens with one attached hydrogen (secondary N) is 1. The molecule has 0 radical (unpaired) electrons. The Kier molecular flexibility index (Phi) is 4.74. The largest absolute Gasteiger partial charge is 0.478 e. The van der Waals surface area contributed by atoms with E-state index < -0.39 is 5.97 Å². The number of benzene rings is 1. The molecule has 0 aliphatic carbocycles. The number of aliphatic hydroxyl groups excluding tert-OH is 1. The van der Waals surface area contributed by atoms with Gasteiger partial charge in [0.2, 0.25) is 0 Å². The van der Waals surface area contributed by atoms with Crippen LogP contribution < -0.4 is 5.32 Å². The molecule has 0 aliphatic rings. The van der Waals surface area contributed by atoms with Crippen molar-refractivity contribution in [3.8, 4) is 0 Å². The molecule has 3 N–H and O–H groups in total. The first-order valence-corrected chi connectivity index (χ1v) is 5.27. The van der Waals surface area contributed by atoms with Gasteiger partial charge in [0.05, 0.1) is 12.2 Å². The van der Waals surface area contributed by atoms with Crippen molar-refractivity contribution in [2.75, 3.05) is 13.2 Å². The molecule has 5 heteroatoms. The van der Waals surface area contributed by atoms with Crippen LogP contribution in [0, 0.1) is 0 Å². The van der Waals surface area contributed by atoms with Gasteiger partial charge in [-0.2, -0.15) is 0 Å². The molecular weight excluding hydrogens is 262 g/mol. The fraction of sp³-hybridized carbons (Fsp3) is 0.300. The predicted octanol–water partition coefficient (Wildman–Crippen LogP) is 1.23. The zero-order valence-electron chi connectivity index (χ0n) is 8.03. The van der Waals surface area contributed by atoms with Gasteiger partial charge in [-0.1, -0.05) is 22.0 Å². The quantitative estimate of drug-likeness (QED) is 0.706. The van der Waals surface area contributed by atoms with E-state index in [9.17, 15) is 4.79 Å². The van der Waals surface area contributed by atoms with Crippen molar-refractivity contribution >= 4 is 21.9 Å². The summed E-state index contributed by atoms with van der Waals surface area (Å²) >= 11 is 3.30. The highest BCUT2D eigenvalue weighted by atomic mass is 79.9. The lowest BCUT2D eigenvalue weighted by molar-refractivity contribution is 0.0697. The van der Waals surface area contributed by atoms with E-state index in [2.05, 4.69) is 21.2 Å². The average molecular weight is 274 g/mol. The number of carboxylic acids is 1. The van der Waals surface area contributed by atoms with Crippen molar-refractivity contribution in [1.82, 2.24) is 5.32 Å². The van der Waals surface area contributed by atoms with Crippen molar-refractivity contribution in [3.63, 3.8) is 0 Å². The van der Waals surface area contributed by atoms with E-state index in [1.165, 1.54) is 0 Å². The maximum Gasteiger partial charge on any atom is 0.335 e. The van der Waals surface area contributed by atoms with E-state index in [0.29, 0.717) is 13.1 Å². The fourth-order valence-electron chi connectivity index (χ4n) is 1.13. The van der Waals surface area contributed by atoms with Gasteiger partial charge in [-0.05, 0) is 17.7 Å². The van der Waals surface area contributed by atoms with E-state index in [1.807, 2.05) is 0 Å². The zero-order chi connectivity index (χ0) is 11.3. The van der Waals surface area contributed by atoms with Crippen LogP contribution in [0.4, 0.5) is 0 Å². The second kappa shape index (κ2) is 5.85. The third-order valence-corrected chi connectivity index (χ3v) is 2.64. The summed E-state index contributed by atoms with van der Waals surface area (Å²) in [5.74, 6) is -0.939. The SMILES string of the molecule is O=C(O)c1ccc(CNCCO)c(Br)c1. The van der Waals surface area contributed by atoms with E-state index in [1.54, 1.807) is 18.2 Å². The number of rotatable bonds is 5. The zero-order valence-corrected chi connectivity index (χ0v) is 9.62. The molecule has 1 aromatic carbocycles. The van der Waals surface area contributed by atoms with Gasteiger partial charge in [0.1, 0.15) is 0 Å². The predicted molar refractivity (Wildman–Crippen MR) is 59.9 cm³/mol. The van der Waals surface area contributed by atoms with Gasteiger partial charge in [0.15, 0.2) is 0 Å². The van der Waals surface area contributed by atoms with Crippen LogP contribution in [0.15, 0.2) is 22.7 Å². The molecule has 1 aromatic rings. The smallest absolute Gasteiger partial charge is 0.335 e. The summed E-state index contributed by atoms with van der Waals surface area (Å²) in [7, 11) is 0. The molecule has 0 unspecified atom stereocenters. The van der Waals surface area contributed by atoms with Crippen LogP contribution in [0.2, 0.25) is 0 Å². The summed E-state index contributed by atoms with van der Waals surface area (Å²) in [6.07, 6.45) is 0. The van der Waals surface area contributed by atoms with Crippen LogP contribution in [0.5, 0.6) is 0 Å². The molecule has 82 valence electrons. The Hall–Kier alpha value is -0.910. The Morgan fingerprint density at radius 3 is 2.73 bits per heavy atom. The molecule has 0 aliphatic heterocycles. The Labute approximate surface area is 96.1 Å². The Morgan fingerprint density at radius 1 is 1.47 bits per heavy atom.